The van der Waals surface area contributed by atoms with Crippen molar-refractivity contribution in [3.63, 3.8) is 0 Å². The van der Waals surface area contributed by atoms with E-state index in [0.717, 1.165) is 41.7 Å². The molecule has 1 fully saturated rings. The van der Waals surface area contributed by atoms with Crippen LogP contribution in [0.25, 0.3) is 0 Å². The van der Waals surface area contributed by atoms with Crippen LogP contribution in [0.3, 0.4) is 0 Å². The average molecular weight is 319 g/mol. The van der Waals surface area contributed by atoms with Crippen molar-refractivity contribution in [3.05, 3.63) is 33.3 Å². The largest absolute Gasteiger partial charge is 0.393 e. The molecule has 0 saturated heterocycles. The van der Waals surface area contributed by atoms with Gasteiger partial charge in [0.1, 0.15) is 0 Å². The summed E-state index contributed by atoms with van der Waals surface area (Å²) >= 11 is 9.42. The van der Waals surface area contributed by atoms with E-state index in [1.807, 2.05) is 12.1 Å². The van der Waals surface area contributed by atoms with Gasteiger partial charge in [0.2, 0.25) is 0 Å². The Morgan fingerprint density at radius 3 is 2.94 bits per heavy atom. The lowest BCUT2D eigenvalue weighted by Gasteiger charge is -2.26. The van der Waals surface area contributed by atoms with Gasteiger partial charge in [0.15, 0.2) is 0 Å². The molecule has 0 radical (unpaired) electrons. The van der Waals surface area contributed by atoms with Crippen molar-refractivity contribution >= 4 is 27.5 Å². The van der Waals surface area contributed by atoms with Crippen molar-refractivity contribution in [2.75, 3.05) is 0 Å². The lowest BCUT2D eigenvalue weighted by molar-refractivity contribution is 0.111. The minimum absolute atomic E-state index is 0.130. The normalized spacial score (nSPS) is 24.9. The minimum Gasteiger partial charge on any atom is -0.393 e. The van der Waals surface area contributed by atoms with Crippen molar-refractivity contribution in [2.24, 2.45) is 0 Å². The average Bonchev–Trinajstić information content (AvgIpc) is 2.31. The number of hydrogen-bond acceptors (Lipinski definition) is 2. The molecule has 2 rings (SSSR count). The molecule has 0 aliphatic heterocycles. The molecule has 2 N–H and O–H groups in total. The van der Waals surface area contributed by atoms with Crippen LogP contribution in [0.1, 0.15) is 31.2 Å². The van der Waals surface area contributed by atoms with Crippen molar-refractivity contribution in [3.8, 4) is 0 Å². The van der Waals surface area contributed by atoms with Crippen LogP contribution in [-0.4, -0.2) is 17.3 Å². The zero-order chi connectivity index (χ0) is 12.3. The van der Waals surface area contributed by atoms with E-state index in [-0.39, 0.29) is 6.10 Å². The number of halogens is 2. The second kappa shape index (κ2) is 6.19. The molecule has 1 aliphatic carbocycles. The highest BCUT2D eigenvalue weighted by Crippen LogP contribution is 2.24. The Balaban J connectivity index is 1.86. The predicted octanol–water partition coefficient (Wildman–Crippen LogP) is 3.50. The SMILES string of the molecule is OC1CCCC(NCc2ccc(Br)c(Cl)c2)C1. The molecule has 17 heavy (non-hydrogen) atoms. The summed E-state index contributed by atoms with van der Waals surface area (Å²) in [7, 11) is 0. The fourth-order valence-electron chi connectivity index (χ4n) is 2.26. The van der Waals surface area contributed by atoms with Crippen molar-refractivity contribution in [2.45, 2.75) is 44.4 Å². The standard InChI is InChI=1S/C13H17BrClNO/c14-12-5-4-9(6-13(12)15)8-16-10-2-1-3-11(17)7-10/h4-6,10-11,16-17H,1-3,7-8H2. The Bertz CT molecular complexity index is 386. The van der Waals surface area contributed by atoms with Crippen LogP contribution in [0.15, 0.2) is 22.7 Å². The number of benzene rings is 1. The first-order valence-corrected chi connectivity index (χ1v) is 7.17. The molecule has 4 heteroatoms. The Labute approximate surface area is 115 Å². The van der Waals surface area contributed by atoms with Gasteiger partial charge in [-0.1, -0.05) is 17.7 Å². The van der Waals surface area contributed by atoms with Crippen LogP contribution in [0.4, 0.5) is 0 Å². The Kier molecular flexibility index (Phi) is 4.86. The molecule has 1 saturated carbocycles. The maximum absolute atomic E-state index is 9.59. The molecule has 0 heterocycles. The van der Waals surface area contributed by atoms with Crippen LogP contribution < -0.4 is 5.32 Å². The number of nitrogens with one attached hydrogen (secondary N) is 1. The lowest BCUT2D eigenvalue weighted by atomic mass is 9.93. The van der Waals surface area contributed by atoms with E-state index in [1.165, 1.54) is 5.56 Å². The Hall–Kier alpha value is -0.0900. The number of hydrogen-bond donors (Lipinski definition) is 2. The molecule has 0 spiro atoms. The predicted molar refractivity (Wildman–Crippen MR) is 74.3 cm³/mol. The first kappa shape index (κ1) is 13.3. The summed E-state index contributed by atoms with van der Waals surface area (Å²) in [6, 6.07) is 6.43. The second-order valence-electron chi connectivity index (χ2n) is 4.65. The van der Waals surface area contributed by atoms with Crippen molar-refractivity contribution < 1.29 is 5.11 Å². The van der Waals surface area contributed by atoms with Gasteiger partial charge in [-0.05, 0) is 59.3 Å². The molecule has 2 atom stereocenters. The summed E-state index contributed by atoms with van der Waals surface area (Å²) in [5.74, 6) is 0. The molecular formula is C13H17BrClNO. The van der Waals surface area contributed by atoms with Gasteiger partial charge in [-0.2, -0.15) is 0 Å². The molecule has 0 aromatic heterocycles. The van der Waals surface area contributed by atoms with Crippen LogP contribution in [-0.2, 0) is 6.54 Å². The molecule has 1 aromatic carbocycles. The highest BCUT2D eigenvalue weighted by Gasteiger charge is 2.19. The zero-order valence-corrected chi connectivity index (χ0v) is 12.0. The van der Waals surface area contributed by atoms with Gasteiger partial charge < -0.3 is 10.4 Å². The van der Waals surface area contributed by atoms with E-state index in [1.54, 1.807) is 0 Å². The Morgan fingerprint density at radius 2 is 2.24 bits per heavy atom. The second-order valence-corrected chi connectivity index (χ2v) is 5.91. The lowest BCUT2D eigenvalue weighted by Crippen LogP contribution is -2.35. The van der Waals surface area contributed by atoms with Crippen LogP contribution in [0.2, 0.25) is 5.02 Å². The van der Waals surface area contributed by atoms with E-state index < -0.39 is 0 Å². The molecular weight excluding hydrogens is 302 g/mol. The topological polar surface area (TPSA) is 32.3 Å². The zero-order valence-electron chi connectivity index (χ0n) is 9.63. The van der Waals surface area contributed by atoms with Crippen molar-refractivity contribution in [1.29, 1.82) is 0 Å². The van der Waals surface area contributed by atoms with E-state index in [0.29, 0.717) is 6.04 Å². The summed E-state index contributed by atoms with van der Waals surface area (Å²) in [5.41, 5.74) is 1.18. The maximum Gasteiger partial charge on any atom is 0.0555 e. The van der Waals surface area contributed by atoms with Gasteiger partial charge in [-0.3, -0.25) is 0 Å². The van der Waals surface area contributed by atoms with E-state index in [2.05, 4.69) is 27.3 Å². The van der Waals surface area contributed by atoms with E-state index >= 15 is 0 Å². The van der Waals surface area contributed by atoms with Crippen molar-refractivity contribution in [1.82, 2.24) is 5.32 Å². The first-order chi connectivity index (χ1) is 8.15. The molecule has 2 nitrogen and oxygen atoms in total. The van der Waals surface area contributed by atoms with Gasteiger partial charge in [0.05, 0.1) is 11.1 Å². The number of aliphatic hydroxyl groups is 1. The van der Waals surface area contributed by atoms with Gasteiger partial charge in [0, 0.05) is 17.1 Å². The summed E-state index contributed by atoms with van der Waals surface area (Å²) in [6.07, 6.45) is 3.95. The molecule has 1 aromatic rings. The monoisotopic (exact) mass is 317 g/mol. The summed E-state index contributed by atoms with van der Waals surface area (Å²) in [4.78, 5) is 0. The minimum atomic E-state index is -0.130. The molecule has 0 bridgehead atoms. The van der Waals surface area contributed by atoms with Crippen LogP contribution >= 0.6 is 27.5 Å². The van der Waals surface area contributed by atoms with E-state index in [9.17, 15) is 5.11 Å². The maximum atomic E-state index is 9.59. The number of rotatable bonds is 3. The third-order valence-electron chi connectivity index (χ3n) is 3.23. The molecule has 94 valence electrons. The highest BCUT2D eigenvalue weighted by molar-refractivity contribution is 9.10. The first-order valence-electron chi connectivity index (χ1n) is 6.00. The van der Waals surface area contributed by atoms with Crippen LogP contribution in [0, 0.1) is 0 Å². The fraction of sp³-hybridized carbons (Fsp3) is 0.538. The Morgan fingerprint density at radius 1 is 1.41 bits per heavy atom. The van der Waals surface area contributed by atoms with E-state index in [4.69, 9.17) is 11.6 Å². The third kappa shape index (κ3) is 3.95. The third-order valence-corrected chi connectivity index (χ3v) is 4.46. The number of aliphatic hydroxyl groups excluding tert-OH is 1. The van der Waals surface area contributed by atoms with Gasteiger partial charge in [-0.25, -0.2) is 0 Å². The highest BCUT2D eigenvalue weighted by atomic mass is 79.9. The summed E-state index contributed by atoms with van der Waals surface area (Å²) in [6.45, 7) is 0.810. The molecule has 2 unspecified atom stereocenters. The fourth-order valence-corrected chi connectivity index (χ4v) is 2.71. The smallest absolute Gasteiger partial charge is 0.0555 e. The van der Waals surface area contributed by atoms with Gasteiger partial charge in [-0.15, -0.1) is 0 Å². The summed E-state index contributed by atoms with van der Waals surface area (Å²) < 4.78 is 0.927. The molecule has 1 aliphatic rings. The summed E-state index contributed by atoms with van der Waals surface area (Å²) in [5, 5.41) is 13.8. The molecule has 0 amide bonds. The quantitative estimate of drug-likeness (QED) is 0.894. The van der Waals surface area contributed by atoms with Crippen LogP contribution in [0.5, 0.6) is 0 Å². The van der Waals surface area contributed by atoms with Gasteiger partial charge in [0.25, 0.3) is 0 Å². The van der Waals surface area contributed by atoms with Gasteiger partial charge >= 0.3 is 0 Å².